The number of fused-ring (bicyclic) bond motifs is 3. The molecule has 0 spiro atoms. The zero-order valence-corrected chi connectivity index (χ0v) is 14.2. The van der Waals surface area contributed by atoms with Crippen molar-refractivity contribution in [2.75, 3.05) is 0 Å². The van der Waals surface area contributed by atoms with E-state index in [0.717, 1.165) is 23.3 Å². The van der Waals surface area contributed by atoms with Crippen LogP contribution in [0, 0.1) is 5.41 Å². The fraction of sp³-hybridized carbons (Fsp3) is 0.333. The van der Waals surface area contributed by atoms with Crippen molar-refractivity contribution in [1.29, 1.82) is 0 Å². The van der Waals surface area contributed by atoms with E-state index in [4.69, 9.17) is 0 Å². The van der Waals surface area contributed by atoms with Gasteiger partial charge < -0.3 is 0 Å². The summed E-state index contributed by atoms with van der Waals surface area (Å²) in [5.74, 6) is 0.641. The van der Waals surface area contributed by atoms with Gasteiger partial charge >= 0.3 is 0 Å². The lowest BCUT2D eigenvalue weighted by Gasteiger charge is -2.11. The van der Waals surface area contributed by atoms with Crippen LogP contribution in [0.25, 0.3) is 22.4 Å². The van der Waals surface area contributed by atoms with Gasteiger partial charge in [0.2, 0.25) is 0 Å². The molecular formula is C18H18N6O. The van der Waals surface area contributed by atoms with Gasteiger partial charge in [-0.2, -0.15) is 4.68 Å². The Kier molecular flexibility index (Phi) is 2.75. The van der Waals surface area contributed by atoms with Crippen LogP contribution in [0.1, 0.15) is 25.5 Å². The van der Waals surface area contributed by atoms with Crippen LogP contribution in [-0.2, 0) is 13.5 Å². The fourth-order valence-electron chi connectivity index (χ4n) is 3.49. The molecule has 1 aliphatic carbocycles. The highest BCUT2D eigenvalue weighted by atomic mass is 16.1. The second-order valence-corrected chi connectivity index (χ2v) is 7.27. The van der Waals surface area contributed by atoms with E-state index >= 15 is 0 Å². The minimum atomic E-state index is -0.0410. The molecule has 7 heteroatoms. The van der Waals surface area contributed by atoms with Crippen LogP contribution in [0.15, 0.2) is 41.6 Å². The summed E-state index contributed by atoms with van der Waals surface area (Å²) in [5, 5.41) is 9.01. The van der Waals surface area contributed by atoms with E-state index in [1.165, 1.54) is 12.8 Å². The normalized spacial score (nSPS) is 15.9. The summed E-state index contributed by atoms with van der Waals surface area (Å²) in [6, 6.07) is 7.57. The highest BCUT2D eigenvalue weighted by molar-refractivity contribution is 5.82. The van der Waals surface area contributed by atoms with E-state index < -0.39 is 0 Å². The monoisotopic (exact) mass is 334 g/mol. The quantitative estimate of drug-likeness (QED) is 0.575. The molecule has 0 amide bonds. The molecule has 0 bridgehead atoms. The van der Waals surface area contributed by atoms with Crippen molar-refractivity contribution in [3.8, 4) is 5.82 Å². The van der Waals surface area contributed by atoms with Gasteiger partial charge in [-0.15, -0.1) is 5.10 Å². The smallest absolute Gasteiger partial charge is 0.261 e. The summed E-state index contributed by atoms with van der Waals surface area (Å²) < 4.78 is 5.35. The molecule has 0 N–H and O–H groups in total. The fourth-order valence-corrected chi connectivity index (χ4v) is 3.49. The Balaban J connectivity index is 1.79. The molecule has 1 aromatic carbocycles. The van der Waals surface area contributed by atoms with Crippen molar-refractivity contribution in [3.05, 3.63) is 52.8 Å². The zero-order valence-electron chi connectivity index (χ0n) is 14.2. The minimum Gasteiger partial charge on any atom is -0.294 e. The number of hydrogen-bond donors (Lipinski definition) is 0. The van der Waals surface area contributed by atoms with Crippen LogP contribution in [0.2, 0.25) is 0 Å². The van der Waals surface area contributed by atoms with Crippen LogP contribution in [0.5, 0.6) is 0 Å². The van der Waals surface area contributed by atoms with Crippen LogP contribution >= 0.6 is 0 Å². The number of hydrogen-bond acceptors (Lipinski definition) is 4. The molecule has 0 saturated heterocycles. The molecule has 1 aliphatic rings. The Labute approximate surface area is 143 Å². The first kappa shape index (κ1) is 14.4. The molecule has 0 unspecified atom stereocenters. The van der Waals surface area contributed by atoms with Crippen molar-refractivity contribution in [3.63, 3.8) is 0 Å². The second-order valence-electron chi connectivity index (χ2n) is 7.27. The predicted molar refractivity (Wildman–Crippen MR) is 93.9 cm³/mol. The molecule has 1 fully saturated rings. The first-order chi connectivity index (χ1) is 12.1. The molecule has 3 heterocycles. The van der Waals surface area contributed by atoms with Crippen molar-refractivity contribution < 1.29 is 0 Å². The van der Waals surface area contributed by atoms with E-state index in [-0.39, 0.29) is 5.56 Å². The van der Waals surface area contributed by atoms with Gasteiger partial charge in [0.05, 0.1) is 22.8 Å². The Hall–Kier alpha value is -2.96. The SMILES string of the molecule is Cn1c(=O)c2ccccc2n2cnc(-n3nncc3CC3(C)CC3)c12. The molecule has 1 saturated carbocycles. The number of aromatic nitrogens is 6. The van der Waals surface area contributed by atoms with Crippen molar-refractivity contribution in [1.82, 2.24) is 28.9 Å². The lowest BCUT2D eigenvalue weighted by atomic mass is 10.0. The number of imidazole rings is 1. The van der Waals surface area contributed by atoms with E-state index in [2.05, 4.69) is 22.2 Å². The standard InChI is InChI=1S/C18H18N6O/c1-18(7-8-18)9-12-10-20-21-24(12)15-16-22(2)17(25)13-5-3-4-6-14(13)23(16)11-19-15/h3-6,10-11H,7-9H2,1-2H3. The maximum Gasteiger partial charge on any atom is 0.261 e. The third-order valence-corrected chi connectivity index (χ3v) is 5.27. The van der Waals surface area contributed by atoms with Gasteiger partial charge in [0.25, 0.3) is 5.56 Å². The molecule has 4 aromatic rings. The third kappa shape index (κ3) is 2.05. The van der Waals surface area contributed by atoms with E-state index in [9.17, 15) is 4.79 Å². The topological polar surface area (TPSA) is 70.0 Å². The van der Waals surface area contributed by atoms with E-state index in [1.807, 2.05) is 28.7 Å². The number of rotatable bonds is 3. The van der Waals surface area contributed by atoms with Crippen LogP contribution in [-0.4, -0.2) is 28.9 Å². The van der Waals surface area contributed by atoms with Crippen molar-refractivity contribution >= 4 is 16.6 Å². The maximum atomic E-state index is 12.8. The summed E-state index contributed by atoms with van der Waals surface area (Å²) in [5.41, 5.74) is 2.89. The summed E-state index contributed by atoms with van der Waals surface area (Å²) in [6.45, 7) is 2.28. The first-order valence-corrected chi connectivity index (χ1v) is 8.42. The minimum absolute atomic E-state index is 0.0410. The average Bonchev–Trinajstić information content (AvgIpc) is 3.01. The Morgan fingerprint density at radius 3 is 2.84 bits per heavy atom. The summed E-state index contributed by atoms with van der Waals surface area (Å²) in [7, 11) is 1.77. The number of aryl methyl sites for hydroxylation is 1. The lowest BCUT2D eigenvalue weighted by Crippen LogP contribution is -2.20. The molecule has 0 radical (unpaired) electrons. The summed E-state index contributed by atoms with van der Waals surface area (Å²) >= 11 is 0. The van der Waals surface area contributed by atoms with Crippen LogP contribution < -0.4 is 5.56 Å². The number of nitrogens with zero attached hydrogens (tertiary/aromatic N) is 6. The van der Waals surface area contributed by atoms with Crippen molar-refractivity contribution in [2.24, 2.45) is 12.5 Å². The molecule has 126 valence electrons. The second kappa shape index (κ2) is 4.78. The highest BCUT2D eigenvalue weighted by Crippen LogP contribution is 2.47. The predicted octanol–water partition coefficient (Wildman–Crippen LogP) is 2.11. The van der Waals surface area contributed by atoms with E-state index in [0.29, 0.717) is 16.6 Å². The van der Waals surface area contributed by atoms with Gasteiger partial charge in [-0.1, -0.05) is 24.3 Å². The van der Waals surface area contributed by atoms with Gasteiger partial charge in [0.1, 0.15) is 6.33 Å². The third-order valence-electron chi connectivity index (χ3n) is 5.27. The van der Waals surface area contributed by atoms with Gasteiger partial charge in [0, 0.05) is 7.05 Å². The molecular weight excluding hydrogens is 316 g/mol. The first-order valence-electron chi connectivity index (χ1n) is 8.42. The average molecular weight is 334 g/mol. The number of para-hydroxylation sites is 1. The molecule has 0 atom stereocenters. The summed E-state index contributed by atoms with van der Waals surface area (Å²) in [4.78, 5) is 17.3. The Bertz CT molecular complexity index is 1180. The largest absolute Gasteiger partial charge is 0.294 e. The van der Waals surface area contributed by atoms with Gasteiger partial charge in [-0.3, -0.25) is 13.8 Å². The molecule has 0 aliphatic heterocycles. The Morgan fingerprint density at radius 1 is 1.24 bits per heavy atom. The molecule has 7 nitrogen and oxygen atoms in total. The maximum absolute atomic E-state index is 12.8. The van der Waals surface area contributed by atoms with Gasteiger partial charge in [-0.05, 0) is 36.8 Å². The number of benzene rings is 1. The molecule has 3 aromatic heterocycles. The molecule has 5 rings (SSSR count). The van der Waals surface area contributed by atoms with Gasteiger partial charge in [0.15, 0.2) is 11.5 Å². The lowest BCUT2D eigenvalue weighted by molar-refractivity contribution is 0.547. The Morgan fingerprint density at radius 2 is 2.04 bits per heavy atom. The van der Waals surface area contributed by atoms with E-state index in [1.54, 1.807) is 28.8 Å². The highest BCUT2D eigenvalue weighted by Gasteiger charge is 2.38. The van der Waals surface area contributed by atoms with Crippen molar-refractivity contribution in [2.45, 2.75) is 26.2 Å². The van der Waals surface area contributed by atoms with Crippen LogP contribution in [0.4, 0.5) is 0 Å². The van der Waals surface area contributed by atoms with Crippen LogP contribution in [0.3, 0.4) is 0 Å². The zero-order chi connectivity index (χ0) is 17.2. The molecule has 25 heavy (non-hydrogen) atoms. The van der Waals surface area contributed by atoms with Gasteiger partial charge in [-0.25, -0.2) is 4.98 Å². The summed E-state index contributed by atoms with van der Waals surface area (Å²) in [6.07, 6.45) is 6.92.